The van der Waals surface area contributed by atoms with Gasteiger partial charge in [-0.2, -0.15) is 0 Å². The standard InChI is InChI=1S/C11H19NOS/c1-4-10(11-6-5-7-14-11)12-8-9(2)13-3/h5-7,9-10,12H,4,8H2,1-3H3. The fourth-order valence-corrected chi connectivity index (χ4v) is 2.21. The van der Waals surface area contributed by atoms with Gasteiger partial charge in [-0.3, -0.25) is 0 Å². The van der Waals surface area contributed by atoms with Crippen LogP contribution in [0.2, 0.25) is 0 Å². The van der Waals surface area contributed by atoms with Crippen LogP contribution >= 0.6 is 11.3 Å². The maximum absolute atomic E-state index is 5.20. The summed E-state index contributed by atoms with van der Waals surface area (Å²) >= 11 is 1.81. The average Bonchev–Trinajstić information content (AvgIpc) is 2.72. The Labute approximate surface area is 90.3 Å². The molecule has 1 N–H and O–H groups in total. The van der Waals surface area contributed by atoms with Crippen molar-refractivity contribution in [2.45, 2.75) is 32.4 Å². The zero-order valence-electron chi connectivity index (χ0n) is 9.12. The first-order valence-corrected chi connectivity index (χ1v) is 5.95. The Balaban J connectivity index is 2.40. The van der Waals surface area contributed by atoms with Gasteiger partial charge in [-0.25, -0.2) is 0 Å². The van der Waals surface area contributed by atoms with Crippen LogP contribution in [0.1, 0.15) is 31.2 Å². The van der Waals surface area contributed by atoms with Gasteiger partial charge in [0.1, 0.15) is 0 Å². The van der Waals surface area contributed by atoms with Gasteiger partial charge in [-0.15, -0.1) is 11.3 Å². The van der Waals surface area contributed by atoms with Crippen molar-refractivity contribution in [3.8, 4) is 0 Å². The van der Waals surface area contributed by atoms with E-state index in [1.54, 1.807) is 7.11 Å². The van der Waals surface area contributed by atoms with Gasteiger partial charge in [0.2, 0.25) is 0 Å². The summed E-state index contributed by atoms with van der Waals surface area (Å²) in [5.41, 5.74) is 0. The number of rotatable bonds is 6. The minimum absolute atomic E-state index is 0.281. The quantitative estimate of drug-likeness (QED) is 0.784. The van der Waals surface area contributed by atoms with Crippen LogP contribution in [0, 0.1) is 0 Å². The van der Waals surface area contributed by atoms with Crippen molar-refractivity contribution in [3.05, 3.63) is 22.4 Å². The van der Waals surface area contributed by atoms with Gasteiger partial charge in [0, 0.05) is 24.6 Å². The summed E-state index contributed by atoms with van der Waals surface area (Å²) in [5, 5.41) is 5.63. The highest BCUT2D eigenvalue weighted by atomic mass is 32.1. The van der Waals surface area contributed by atoms with Crippen molar-refractivity contribution in [2.24, 2.45) is 0 Å². The molecule has 0 aliphatic heterocycles. The van der Waals surface area contributed by atoms with Crippen molar-refractivity contribution in [1.82, 2.24) is 5.32 Å². The van der Waals surface area contributed by atoms with Crippen LogP contribution in [0.5, 0.6) is 0 Å². The molecule has 1 heterocycles. The van der Waals surface area contributed by atoms with E-state index in [1.807, 2.05) is 11.3 Å². The molecule has 1 rings (SSSR count). The Morgan fingerprint density at radius 2 is 2.36 bits per heavy atom. The van der Waals surface area contributed by atoms with Gasteiger partial charge in [-0.05, 0) is 24.8 Å². The van der Waals surface area contributed by atoms with Crippen LogP contribution in [0.4, 0.5) is 0 Å². The molecule has 0 aliphatic rings. The molecule has 1 aromatic rings. The Morgan fingerprint density at radius 1 is 1.57 bits per heavy atom. The van der Waals surface area contributed by atoms with Gasteiger partial charge in [0.15, 0.2) is 0 Å². The molecule has 0 radical (unpaired) electrons. The number of hydrogen-bond donors (Lipinski definition) is 1. The largest absolute Gasteiger partial charge is 0.380 e. The van der Waals surface area contributed by atoms with Gasteiger partial charge in [0.25, 0.3) is 0 Å². The van der Waals surface area contributed by atoms with E-state index < -0.39 is 0 Å². The van der Waals surface area contributed by atoms with Gasteiger partial charge in [-0.1, -0.05) is 13.0 Å². The molecule has 2 nitrogen and oxygen atoms in total. The first-order chi connectivity index (χ1) is 6.77. The molecular weight excluding hydrogens is 194 g/mol. The smallest absolute Gasteiger partial charge is 0.0667 e. The molecule has 2 unspecified atom stereocenters. The summed E-state index contributed by atoms with van der Waals surface area (Å²) in [6, 6.07) is 4.76. The molecule has 14 heavy (non-hydrogen) atoms. The lowest BCUT2D eigenvalue weighted by Gasteiger charge is -2.18. The maximum Gasteiger partial charge on any atom is 0.0667 e. The average molecular weight is 213 g/mol. The highest BCUT2D eigenvalue weighted by Crippen LogP contribution is 2.21. The fraction of sp³-hybridized carbons (Fsp3) is 0.636. The number of thiophene rings is 1. The Kier molecular flexibility index (Phi) is 5.15. The summed E-state index contributed by atoms with van der Waals surface area (Å²) in [5.74, 6) is 0. The van der Waals surface area contributed by atoms with Crippen molar-refractivity contribution < 1.29 is 4.74 Å². The topological polar surface area (TPSA) is 21.3 Å². The number of ether oxygens (including phenoxy) is 1. The third-order valence-electron chi connectivity index (χ3n) is 2.35. The fourth-order valence-electron chi connectivity index (χ4n) is 1.33. The minimum atomic E-state index is 0.281. The second-order valence-electron chi connectivity index (χ2n) is 3.43. The predicted molar refractivity (Wildman–Crippen MR) is 61.8 cm³/mol. The Morgan fingerprint density at radius 3 is 2.86 bits per heavy atom. The summed E-state index contributed by atoms with van der Waals surface area (Å²) < 4.78 is 5.20. The number of hydrogen-bond acceptors (Lipinski definition) is 3. The van der Waals surface area contributed by atoms with Crippen LogP contribution < -0.4 is 5.32 Å². The molecule has 0 bridgehead atoms. The highest BCUT2D eigenvalue weighted by Gasteiger charge is 2.10. The van der Waals surface area contributed by atoms with Crippen molar-refractivity contribution in [1.29, 1.82) is 0 Å². The van der Waals surface area contributed by atoms with Crippen LogP contribution in [-0.2, 0) is 4.74 Å². The number of nitrogens with one attached hydrogen (secondary N) is 1. The van der Waals surface area contributed by atoms with Crippen LogP contribution in [0.15, 0.2) is 17.5 Å². The first kappa shape index (κ1) is 11.7. The first-order valence-electron chi connectivity index (χ1n) is 5.07. The second-order valence-corrected chi connectivity index (χ2v) is 4.41. The zero-order chi connectivity index (χ0) is 10.4. The van der Waals surface area contributed by atoms with E-state index in [0.29, 0.717) is 6.04 Å². The Bertz CT molecular complexity index is 235. The normalized spacial score (nSPS) is 15.4. The lowest BCUT2D eigenvalue weighted by atomic mass is 10.2. The molecule has 0 amide bonds. The van der Waals surface area contributed by atoms with Gasteiger partial charge >= 0.3 is 0 Å². The molecule has 2 atom stereocenters. The van der Waals surface area contributed by atoms with Crippen molar-refractivity contribution in [3.63, 3.8) is 0 Å². The third kappa shape index (κ3) is 3.40. The molecule has 1 aromatic heterocycles. The van der Waals surface area contributed by atoms with Crippen LogP contribution in [0.25, 0.3) is 0 Å². The van der Waals surface area contributed by atoms with Crippen molar-refractivity contribution >= 4 is 11.3 Å². The van der Waals surface area contributed by atoms with Crippen molar-refractivity contribution in [2.75, 3.05) is 13.7 Å². The second kappa shape index (κ2) is 6.17. The SMILES string of the molecule is CCC(NCC(C)OC)c1cccs1. The molecule has 0 saturated carbocycles. The van der Waals surface area contributed by atoms with E-state index in [1.165, 1.54) is 4.88 Å². The third-order valence-corrected chi connectivity index (χ3v) is 3.33. The predicted octanol–water partition coefficient (Wildman–Crippen LogP) is 2.82. The molecular formula is C11H19NOS. The van der Waals surface area contributed by atoms with E-state index in [4.69, 9.17) is 4.74 Å². The van der Waals surface area contributed by atoms with Gasteiger partial charge in [0.05, 0.1) is 6.10 Å². The minimum Gasteiger partial charge on any atom is -0.380 e. The summed E-state index contributed by atoms with van der Waals surface area (Å²) in [7, 11) is 1.75. The van der Waals surface area contributed by atoms with E-state index in [9.17, 15) is 0 Å². The molecule has 3 heteroatoms. The van der Waals surface area contributed by atoms with E-state index in [0.717, 1.165) is 13.0 Å². The lowest BCUT2D eigenvalue weighted by molar-refractivity contribution is 0.114. The van der Waals surface area contributed by atoms with E-state index >= 15 is 0 Å². The summed E-state index contributed by atoms with van der Waals surface area (Å²) in [4.78, 5) is 1.41. The Hall–Kier alpha value is -0.380. The molecule has 0 aliphatic carbocycles. The van der Waals surface area contributed by atoms with E-state index in [-0.39, 0.29) is 6.10 Å². The number of methoxy groups -OCH3 is 1. The molecule has 0 aromatic carbocycles. The molecule has 0 saturated heterocycles. The summed E-state index contributed by atoms with van der Waals surface area (Å²) in [6.45, 7) is 5.19. The molecule has 0 fully saturated rings. The zero-order valence-corrected chi connectivity index (χ0v) is 9.93. The maximum atomic E-state index is 5.20. The van der Waals surface area contributed by atoms with E-state index in [2.05, 4.69) is 36.7 Å². The van der Waals surface area contributed by atoms with Crippen LogP contribution in [-0.4, -0.2) is 19.8 Å². The van der Waals surface area contributed by atoms with Gasteiger partial charge < -0.3 is 10.1 Å². The highest BCUT2D eigenvalue weighted by molar-refractivity contribution is 7.10. The molecule has 0 spiro atoms. The lowest BCUT2D eigenvalue weighted by Crippen LogP contribution is -2.29. The van der Waals surface area contributed by atoms with Crippen LogP contribution in [0.3, 0.4) is 0 Å². The summed E-state index contributed by atoms with van der Waals surface area (Å²) in [6.07, 6.45) is 1.40. The molecule has 80 valence electrons. The monoisotopic (exact) mass is 213 g/mol.